The van der Waals surface area contributed by atoms with Crippen LogP contribution >= 0.6 is 11.6 Å². The molecular formula is C19H19ClN2O4. The summed E-state index contributed by atoms with van der Waals surface area (Å²) in [5.41, 5.74) is 5.50. The number of hydrogen-bond acceptors (Lipinski definition) is 4. The molecule has 136 valence electrons. The Labute approximate surface area is 156 Å². The molecule has 0 spiro atoms. The summed E-state index contributed by atoms with van der Waals surface area (Å²) >= 11 is 5.79. The van der Waals surface area contributed by atoms with Crippen molar-refractivity contribution in [1.29, 1.82) is 0 Å². The van der Waals surface area contributed by atoms with Gasteiger partial charge >= 0.3 is 0 Å². The van der Waals surface area contributed by atoms with Crippen molar-refractivity contribution in [1.82, 2.24) is 10.9 Å². The molecule has 2 aromatic rings. The van der Waals surface area contributed by atoms with Gasteiger partial charge in [-0.2, -0.15) is 0 Å². The van der Waals surface area contributed by atoms with Crippen LogP contribution in [0, 0.1) is 0 Å². The van der Waals surface area contributed by atoms with Gasteiger partial charge in [0.25, 0.3) is 11.8 Å². The Balaban J connectivity index is 1.58. The van der Waals surface area contributed by atoms with Gasteiger partial charge in [0, 0.05) is 17.2 Å². The molecule has 1 unspecified atom stereocenters. The number of amides is 2. The highest BCUT2D eigenvalue weighted by Crippen LogP contribution is 2.20. The minimum Gasteiger partial charge on any atom is -0.490 e. The Morgan fingerprint density at radius 3 is 2.54 bits per heavy atom. The lowest BCUT2D eigenvalue weighted by Crippen LogP contribution is -2.41. The summed E-state index contributed by atoms with van der Waals surface area (Å²) < 4.78 is 11.3. The summed E-state index contributed by atoms with van der Waals surface area (Å²) in [6.45, 7) is 1.13. The topological polar surface area (TPSA) is 76.7 Å². The van der Waals surface area contributed by atoms with Gasteiger partial charge in [0.05, 0.1) is 11.7 Å². The lowest BCUT2D eigenvalue weighted by Gasteiger charge is -2.14. The van der Waals surface area contributed by atoms with Crippen molar-refractivity contribution in [3.8, 4) is 5.75 Å². The van der Waals surface area contributed by atoms with Crippen LogP contribution in [0.15, 0.2) is 48.5 Å². The minimum atomic E-state index is -0.463. The largest absolute Gasteiger partial charge is 0.490 e. The molecule has 0 saturated carbocycles. The highest BCUT2D eigenvalue weighted by molar-refractivity contribution is 6.30. The molecule has 1 fully saturated rings. The van der Waals surface area contributed by atoms with Crippen LogP contribution in [0.4, 0.5) is 0 Å². The number of halogens is 1. The van der Waals surface area contributed by atoms with E-state index < -0.39 is 11.8 Å². The van der Waals surface area contributed by atoms with Gasteiger partial charge in [0.15, 0.2) is 0 Å². The second-order valence-electron chi connectivity index (χ2n) is 5.86. The van der Waals surface area contributed by atoms with Crippen LogP contribution in [0.1, 0.15) is 33.6 Å². The first-order valence-electron chi connectivity index (χ1n) is 8.33. The molecule has 1 aliphatic heterocycles. The Morgan fingerprint density at radius 1 is 1.08 bits per heavy atom. The maximum Gasteiger partial charge on any atom is 0.273 e. The Hall–Kier alpha value is -2.57. The molecule has 7 heteroatoms. The predicted molar refractivity (Wildman–Crippen MR) is 97.3 cm³/mol. The van der Waals surface area contributed by atoms with E-state index >= 15 is 0 Å². The fraction of sp³-hybridized carbons (Fsp3) is 0.263. The van der Waals surface area contributed by atoms with Gasteiger partial charge in [-0.25, -0.2) is 0 Å². The molecule has 2 aromatic carbocycles. The van der Waals surface area contributed by atoms with Crippen LogP contribution in [0.25, 0.3) is 0 Å². The van der Waals surface area contributed by atoms with Crippen LogP contribution in [0.2, 0.25) is 5.02 Å². The van der Waals surface area contributed by atoms with Crippen LogP contribution in [-0.2, 0) is 4.74 Å². The van der Waals surface area contributed by atoms with Gasteiger partial charge in [-0.05, 0) is 49.2 Å². The zero-order valence-electron chi connectivity index (χ0n) is 14.0. The van der Waals surface area contributed by atoms with Crippen LogP contribution in [0.5, 0.6) is 5.75 Å². The van der Waals surface area contributed by atoms with Crippen molar-refractivity contribution in [2.75, 3.05) is 13.2 Å². The van der Waals surface area contributed by atoms with Gasteiger partial charge in [-0.1, -0.05) is 23.7 Å². The lowest BCUT2D eigenvalue weighted by molar-refractivity contribution is 0.0669. The van der Waals surface area contributed by atoms with Crippen molar-refractivity contribution in [3.05, 3.63) is 64.7 Å². The zero-order chi connectivity index (χ0) is 18.4. The van der Waals surface area contributed by atoms with E-state index in [0.717, 1.165) is 19.4 Å². The first-order valence-corrected chi connectivity index (χ1v) is 8.71. The molecule has 1 aliphatic rings. The molecule has 6 nitrogen and oxygen atoms in total. The summed E-state index contributed by atoms with van der Waals surface area (Å²) in [7, 11) is 0. The maximum absolute atomic E-state index is 12.4. The number of ether oxygens (including phenoxy) is 2. The second-order valence-corrected chi connectivity index (χ2v) is 6.29. The van der Waals surface area contributed by atoms with Gasteiger partial charge in [-0.15, -0.1) is 0 Å². The van der Waals surface area contributed by atoms with E-state index in [-0.39, 0.29) is 6.10 Å². The summed E-state index contributed by atoms with van der Waals surface area (Å²) in [5.74, 6) is -0.454. The van der Waals surface area contributed by atoms with Crippen LogP contribution < -0.4 is 15.6 Å². The first-order chi connectivity index (χ1) is 12.6. The number of carbonyl (C=O) groups is 2. The van der Waals surface area contributed by atoms with E-state index in [9.17, 15) is 9.59 Å². The molecule has 0 bridgehead atoms. The molecule has 1 atom stereocenters. The van der Waals surface area contributed by atoms with E-state index in [4.69, 9.17) is 21.1 Å². The maximum atomic E-state index is 12.4. The highest BCUT2D eigenvalue weighted by Gasteiger charge is 2.18. The second kappa shape index (κ2) is 8.69. The molecule has 2 amide bonds. The van der Waals surface area contributed by atoms with Crippen molar-refractivity contribution in [2.24, 2.45) is 0 Å². The Kier molecular flexibility index (Phi) is 6.09. The average Bonchev–Trinajstić information content (AvgIpc) is 3.18. The lowest BCUT2D eigenvalue weighted by atomic mass is 10.2. The zero-order valence-corrected chi connectivity index (χ0v) is 14.8. The number of hydrogen-bond donors (Lipinski definition) is 2. The SMILES string of the molecule is O=C(NNC(=O)c1ccccc1OCC1CCCO1)c1ccc(Cl)cc1. The monoisotopic (exact) mass is 374 g/mol. The summed E-state index contributed by atoms with van der Waals surface area (Å²) in [6.07, 6.45) is 2.02. The normalized spacial score (nSPS) is 16.1. The molecular weight excluding hydrogens is 356 g/mol. The molecule has 0 radical (unpaired) electrons. The molecule has 1 saturated heterocycles. The Bertz CT molecular complexity index is 773. The van der Waals surface area contributed by atoms with Gasteiger partial charge in [0.1, 0.15) is 12.4 Å². The van der Waals surface area contributed by atoms with Crippen molar-refractivity contribution < 1.29 is 19.1 Å². The van der Waals surface area contributed by atoms with Crippen LogP contribution in [-0.4, -0.2) is 31.1 Å². The third-order valence-corrected chi connectivity index (χ3v) is 4.23. The summed E-state index contributed by atoms with van der Waals surface area (Å²) in [5, 5.41) is 0.530. The fourth-order valence-electron chi connectivity index (χ4n) is 2.59. The van der Waals surface area contributed by atoms with Gasteiger partial charge in [-0.3, -0.25) is 20.4 Å². The third kappa shape index (κ3) is 4.74. The highest BCUT2D eigenvalue weighted by atomic mass is 35.5. The van der Waals surface area contributed by atoms with Crippen molar-refractivity contribution in [3.63, 3.8) is 0 Å². The quantitative estimate of drug-likeness (QED) is 0.789. The van der Waals surface area contributed by atoms with E-state index in [2.05, 4.69) is 10.9 Å². The number of benzene rings is 2. The number of para-hydroxylation sites is 1. The number of rotatable bonds is 5. The molecule has 0 aliphatic carbocycles. The van der Waals surface area contributed by atoms with Crippen molar-refractivity contribution in [2.45, 2.75) is 18.9 Å². The standard InChI is InChI=1S/C19H19ClN2O4/c20-14-9-7-13(8-10-14)18(23)21-22-19(24)16-5-1-2-6-17(16)26-12-15-4-3-11-25-15/h1-2,5-10,15H,3-4,11-12H2,(H,21,23)(H,22,24). The first kappa shape index (κ1) is 18.2. The number of nitrogens with one attached hydrogen (secondary N) is 2. The number of hydrazine groups is 1. The summed E-state index contributed by atoms with van der Waals surface area (Å²) in [6, 6.07) is 13.2. The smallest absolute Gasteiger partial charge is 0.273 e. The van der Waals surface area contributed by atoms with Gasteiger partial charge in [0.2, 0.25) is 0 Å². The minimum absolute atomic E-state index is 0.0516. The molecule has 3 rings (SSSR count). The fourth-order valence-corrected chi connectivity index (χ4v) is 2.72. The van der Waals surface area contributed by atoms with Crippen molar-refractivity contribution >= 4 is 23.4 Å². The van der Waals surface area contributed by atoms with E-state index in [1.807, 2.05) is 0 Å². The van der Waals surface area contributed by atoms with Gasteiger partial charge < -0.3 is 9.47 Å². The average molecular weight is 375 g/mol. The predicted octanol–water partition coefficient (Wildman–Crippen LogP) is 2.97. The molecule has 26 heavy (non-hydrogen) atoms. The van der Waals surface area contributed by atoms with E-state index in [1.165, 1.54) is 0 Å². The van der Waals surface area contributed by atoms with E-state index in [0.29, 0.717) is 28.5 Å². The Morgan fingerprint density at radius 2 is 1.81 bits per heavy atom. The molecule has 0 aromatic heterocycles. The van der Waals surface area contributed by atoms with E-state index in [1.54, 1.807) is 48.5 Å². The third-order valence-electron chi connectivity index (χ3n) is 3.98. The van der Waals surface area contributed by atoms with Crippen LogP contribution in [0.3, 0.4) is 0 Å². The molecule has 1 heterocycles. The summed E-state index contributed by atoms with van der Waals surface area (Å²) in [4.78, 5) is 24.5. The number of carbonyl (C=O) groups excluding carboxylic acids is 2. The molecule has 2 N–H and O–H groups in total.